The number of aromatic nitrogens is 2. The van der Waals surface area contributed by atoms with Crippen molar-refractivity contribution in [3.63, 3.8) is 0 Å². The monoisotopic (exact) mass is 297 g/mol. The number of halogens is 1. The molecule has 1 aromatic heterocycles. The van der Waals surface area contributed by atoms with Gasteiger partial charge in [0.1, 0.15) is 0 Å². The second-order valence-electron chi connectivity index (χ2n) is 3.15. The van der Waals surface area contributed by atoms with Gasteiger partial charge in [0.05, 0.1) is 0 Å². The summed E-state index contributed by atoms with van der Waals surface area (Å²) in [4.78, 5) is 7.21. The van der Waals surface area contributed by atoms with Gasteiger partial charge in [-0.2, -0.15) is 0 Å². The lowest BCUT2D eigenvalue weighted by Crippen LogP contribution is -2.04. The fourth-order valence-electron chi connectivity index (χ4n) is 1.27. The molecule has 0 aliphatic heterocycles. The Bertz CT molecular complexity index is 431. The lowest BCUT2D eigenvalue weighted by Gasteiger charge is -2.07. The zero-order chi connectivity index (χ0) is 11.2. The van der Waals surface area contributed by atoms with E-state index >= 15 is 0 Å². The topological polar surface area (TPSA) is 40.7 Å². The molecule has 2 aromatic rings. The maximum atomic E-state index is 4.15. The summed E-state index contributed by atoms with van der Waals surface area (Å²) in [6.45, 7) is 0.911. The normalized spacial score (nSPS) is 10.3. The van der Waals surface area contributed by atoms with Gasteiger partial charge in [0.15, 0.2) is 5.16 Å². The second-order valence-corrected chi connectivity index (χ2v) is 5.09. The third-order valence-corrected chi connectivity index (χ3v) is 3.60. The van der Waals surface area contributed by atoms with Crippen LogP contribution in [0.15, 0.2) is 46.3 Å². The first-order valence-electron chi connectivity index (χ1n) is 4.97. The lowest BCUT2D eigenvalue weighted by atomic mass is 10.3. The van der Waals surface area contributed by atoms with Crippen LogP contribution in [0.5, 0.6) is 0 Å². The van der Waals surface area contributed by atoms with Crippen molar-refractivity contribution in [2.45, 2.75) is 5.16 Å². The third-order valence-electron chi connectivity index (χ3n) is 2.00. The van der Waals surface area contributed by atoms with Crippen molar-refractivity contribution in [3.05, 3.63) is 41.1 Å². The number of benzene rings is 1. The summed E-state index contributed by atoms with van der Waals surface area (Å²) in [6.07, 6.45) is 3.60. The van der Waals surface area contributed by atoms with Gasteiger partial charge in [-0.1, -0.05) is 23.9 Å². The molecule has 0 spiro atoms. The highest BCUT2D eigenvalue weighted by atomic mass is 79.9. The maximum absolute atomic E-state index is 4.15. The Balaban J connectivity index is 1.74. The molecule has 0 bridgehead atoms. The highest BCUT2D eigenvalue weighted by molar-refractivity contribution is 9.10. The van der Waals surface area contributed by atoms with E-state index in [0.717, 1.165) is 27.6 Å². The largest absolute Gasteiger partial charge is 0.383 e. The van der Waals surface area contributed by atoms with E-state index in [2.05, 4.69) is 37.3 Å². The zero-order valence-electron chi connectivity index (χ0n) is 8.61. The molecule has 0 unspecified atom stereocenters. The number of para-hydroxylation sites is 1. The molecule has 3 nitrogen and oxygen atoms in total. The average Bonchev–Trinajstić information content (AvgIpc) is 2.79. The number of anilines is 1. The number of imidazole rings is 1. The molecule has 0 atom stereocenters. The number of hydrogen-bond acceptors (Lipinski definition) is 3. The van der Waals surface area contributed by atoms with E-state index in [1.54, 1.807) is 18.0 Å². The van der Waals surface area contributed by atoms with Crippen LogP contribution in [0.4, 0.5) is 5.69 Å². The SMILES string of the molecule is Brc1ccccc1NCCSc1ncc[nH]1. The van der Waals surface area contributed by atoms with Crippen molar-refractivity contribution >= 4 is 33.4 Å². The Morgan fingerprint density at radius 3 is 3.00 bits per heavy atom. The van der Waals surface area contributed by atoms with Crippen LogP contribution in [0.3, 0.4) is 0 Å². The predicted octanol–water partition coefficient (Wildman–Crippen LogP) is 3.38. The molecule has 0 amide bonds. The fraction of sp³-hybridized carbons (Fsp3) is 0.182. The highest BCUT2D eigenvalue weighted by Crippen LogP contribution is 2.21. The van der Waals surface area contributed by atoms with Crippen LogP contribution in [0, 0.1) is 0 Å². The molecular weight excluding hydrogens is 286 g/mol. The molecule has 0 aliphatic rings. The Labute approximate surface area is 107 Å². The molecule has 84 valence electrons. The summed E-state index contributed by atoms with van der Waals surface area (Å²) in [7, 11) is 0. The van der Waals surface area contributed by atoms with Gasteiger partial charge in [-0.3, -0.25) is 0 Å². The number of aromatic amines is 1. The standard InChI is InChI=1S/C11H12BrN3S/c12-9-3-1-2-4-10(9)13-7-8-16-11-14-5-6-15-11/h1-6,13H,7-8H2,(H,14,15). The van der Waals surface area contributed by atoms with E-state index in [4.69, 9.17) is 0 Å². The first-order chi connectivity index (χ1) is 7.86. The van der Waals surface area contributed by atoms with Crippen molar-refractivity contribution in [2.75, 3.05) is 17.6 Å². The minimum absolute atomic E-state index is 0.911. The molecule has 2 rings (SSSR count). The van der Waals surface area contributed by atoms with Crippen molar-refractivity contribution in [2.24, 2.45) is 0 Å². The van der Waals surface area contributed by atoms with Crippen LogP contribution in [0.1, 0.15) is 0 Å². The van der Waals surface area contributed by atoms with Gasteiger partial charge in [-0.05, 0) is 28.1 Å². The van der Waals surface area contributed by atoms with Crippen LogP contribution < -0.4 is 5.32 Å². The molecular formula is C11H12BrN3S. The highest BCUT2D eigenvalue weighted by Gasteiger charge is 1.98. The molecule has 5 heteroatoms. The van der Waals surface area contributed by atoms with Gasteiger partial charge in [0.2, 0.25) is 0 Å². The second kappa shape index (κ2) is 5.96. The Morgan fingerprint density at radius 2 is 2.25 bits per heavy atom. The molecule has 16 heavy (non-hydrogen) atoms. The van der Waals surface area contributed by atoms with Crippen LogP contribution in [-0.4, -0.2) is 22.3 Å². The van der Waals surface area contributed by atoms with E-state index in [1.807, 2.05) is 24.4 Å². The quantitative estimate of drug-likeness (QED) is 0.657. The van der Waals surface area contributed by atoms with E-state index in [1.165, 1.54) is 0 Å². The molecule has 0 saturated carbocycles. The lowest BCUT2D eigenvalue weighted by molar-refractivity contribution is 1.05. The molecule has 0 aliphatic carbocycles. The zero-order valence-corrected chi connectivity index (χ0v) is 11.0. The summed E-state index contributed by atoms with van der Waals surface area (Å²) in [5.74, 6) is 0.981. The van der Waals surface area contributed by atoms with Gasteiger partial charge < -0.3 is 10.3 Å². The molecule has 1 heterocycles. The third kappa shape index (κ3) is 3.28. The van der Waals surface area contributed by atoms with Crippen molar-refractivity contribution in [1.29, 1.82) is 0 Å². The fourth-order valence-corrected chi connectivity index (χ4v) is 2.38. The van der Waals surface area contributed by atoms with E-state index in [0.29, 0.717) is 0 Å². The Kier molecular flexibility index (Phi) is 4.30. The summed E-state index contributed by atoms with van der Waals surface area (Å²) < 4.78 is 1.10. The van der Waals surface area contributed by atoms with Crippen LogP contribution in [0.25, 0.3) is 0 Å². The van der Waals surface area contributed by atoms with E-state index in [9.17, 15) is 0 Å². The summed E-state index contributed by atoms with van der Waals surface area (Å²) >= 11 is 5.21. The molecule has 2 N–H and O–H groups in total. The number of rotatable bonds is 5. The number of nitrogens with one attached hydrogen (secondary N) is 2. The van der Waals surface area contributed by atoms with Crippen LogP contribution in [0.2, 0.25) is 0 Å². The van der Waals surface area contributed by atoms with Crippen LogP contribution >= 0.6 is 27.7 Å². The minimum Gasteiger partial charge on any atom is -0.383 e. The average molecular weight is 298 g/mol. The van der Waals surface area contributed by atoms with E-state index < -0.39 is 0 Å². The van der Waals surface area contributed by atoms with Gasteiger partial charge in [-0.15, -0.1) is 0 Å². The van der Waals surface area contributed by atoms with Crippen molar-refractivity contribution in [3.8, 4) is 0 Å². The van der Waals surface area contributed by atoms with Gasteiger partial charge in [0.25, 0.3) is 0 Å². The number of H-pyrrole nitrogens is 1. The summed E-state index contributed by atoms with van der Waals surface area (Å²) in [6, 6.07) is 8.11. The molecule has 1 aromatic carbocycles. The van der Waals surface area contributed by atoms with E-state index in [-0.39, 0.29) is 0 Å². The van der Waals surface area contributed by atoms with Gasteiger partial charge >= 0.3 is 0 Å². The first kappa shape index (κ1) is 11.5. The Hall–Kier alpha value is -0.940. The Morgan fingerprint density at radius 1 is 1.38 bits per heavy atom. The predicted molar refractivity (Wildman–Crippen MR) is 71.9 cm³/mol. The summed E-state index contributed by atoms with van der Waals surface area (Å²) in [5.41, 5.74) is 1.13. The van der Waals surface area contributed by atoms with Gasteiger partial charge in [-0.25, -0.2) is 4.98 Å². The number of thioether (sulfide) groups is 1. The minimum atomic E-state index is 0.911. The molecule has 0 radical (unpaired) electrons. The smallest absolute Gasteiger partial charge is 0.165 e. The first-order valence-corrected chi connectivity index (χ1v) is 6.75. The number of nitrogens with zero attached hydrogens (tertiary/aromatic N) is 1. The summed E-state index contributed by atoms with van der Waals surface area (Å²) in [5, 5.41) is 4.33. The van der Waals surface area contributed by atoms with Crippen molar-refractivity contribution < 1.29 is 0 Å². The van der Waals surface area contributed by atoms with Gasteiger partial charge in [0, 0.05) is 34.9 Å². The van der Waals surface area contributed by atoms with Crippen molar-refractivity contribution in [1.82, 2.24) is 9.97 Å². The molecule has 0 fully saturated rings. The van der Waals surface area contributed by atoms with Crippen LogP contribution in [-0.2, 0) is 0 Å². The molecule has 0 saturated heterocycles. The maximum Gasteiger partial charge on any atom is 0.165 e. The number of hydrogen-bond donors (Lipinski definition) is 2.